The quantitative estimate of drug-likeness (QED) is 0.474. The molecule has 0 spiro atoms. The van der Waals surface area contributed by atoms with Crippen molar-refractivity contribution in [1.82, 2.24) is 4.72 Å². The number of sulfonamides is 1. The molecule has 0 fully saturated rings. The first-order valence-corrected chi connectivity index (χ1v) is 6.11. The molecule has 0 aliphatic carbocycles. The van der Waals surface area contributed by atoms with Gasteiger partial charge in [0.1, 0.15) is 0 Å². The fraction of sp³-hybridized carbons (Fsp3) is 0.250. The number of nitro benzene ring substituents is 1. The summed E-state index contributed by atoms with van der Waals surface area (Å²) >= 11 is 0. The third-order valence-corrected chi connectivity index (χ3v) is 3.36. The average Bonchev–Trinajstić information content (AvgIpc) is 2.26. The molecule has 0 atom stereocenters. The van der Waals surface area contributed by atoms with Gasteiger partial charge in [0.05, 0.1) is 22.9 Å². The van der Waals surface area contributed by atoms with Crippen molar-refractivity contribution in [2.75, 3.05) is 13.1 Å². The monoisotopic (exact) mass is 261 g/mol. The van der Waals surface area contributed by atoms with Gasteiger partial charge in [0.2, 0.25) is 10.0 Å². The maximum absolute atomic E-state index is 11.6. The summed E-state index contributed by atoms with van der Waals surface area (Å²) in [6.45, 7) is 0.468. The Kier molecular flexibility index (Phi) is 3.99. The number of nitro groups is 1. The smallest absolute Gasteiger partial charge is 0.263 e. The molecule has 0 saturated carbocycles. The number of hydrogen-bond acceptors (Lipinski definition) is 5. The van der Waals surface area contributed by atoms with E-state index in [0.29, 0.717) is 6.54 Å². The molecule has 0 heterocycles. The summed E-state index contributed by atoms with van der Waals surface area (Å²) in [5.41, 5.74) is 2.70. The van der Waals surface area contributed by atoms with Crippen LogP contribution in [0, 0.1) is 10.1 Å². The Morgan fingerprint density at radius 1 is 1.41 bits per heavy atom. The molecule has 17 heavy (non-hydrogen) atoms. The first kappa shape index (κ1) is 13.4. The average molecular weight is 261 g/mol. The van der Waals surface area contributed by atoms with Crippen LogP contribution in [-0.2, 0) is 10.0 Å². The van der Waals surface area contributed by atoms with E-state index < -0.39 is 26.4 Å². The molecule has 0 aliphatic heterocycles. The lowest BCUT2D eigenvalue weighted by molar-refractivity contribution is -0.398. The van der Waals surface area contributed by atoms with Gasteiger partial charge in [-0.15, -0.1) is 0 Å². The maximum atomic E-state index is 11.6. The standard InChI is InChI=1S/C8H11N3O5S/c9-3-4-10-17(15,16)6-1-2-8(12)7(5-6)11(13)14/h1-2,5,10,12H,3-4,9H2. The third kappa shape index (κ3) is 3.12. The molecule has 1 aromatic carbocycles. The van der Waals surface area contributed by atoms with Crippen LogP contribution in [0.25, 0.3) is 0 Å². The molecule has 0 aliphatic rings. The van der Waals surface area contributed by atoms with Crippen LogP contribution in [0.15, 0.2) is 23.1 Å². The van der Waals surface area contributed by atoms with Gasteiger partial charge in [-0.1, -0.05) is 6.07 Å². The van der Waals surface area contributed by atoms with Crippen LogP contribution in [0.4, 0.5) is 5.69 Å². The van der Waals surface area contributed by atoms with E-state index in [2.05, 4.69) is 10.5 Å². The number of quaternary nitrogens is 1. The molecule has 94 valence electrons. The van der Waals surface area contributed by atoms with Crippen molar-refractivity contribution in [3.8, 4) is 5.75 Å². The van der Waals surface area contributed by atoms with Crippen molar-refractivity contribution in [2.24, 2.45) is 0 Å². The van der Waals surface area contributed by atoms with Gasteiger partial charge in [-0.2, -0.15) is 0 Å². The van der Waals surface area contributed by atoms with Gasteiger partial charge >= 0.3 is 0 Å². The summed E-state index contributed by atoms with van der Waals surface area (Å²) in [5, 5.41) is 21.6. The Morgan fingerprint density at radius 3 is 2.59 bits per heavy atom. The Bertz CT molecular complexity index is 528. The molecule has 9 heteroatoms. The minimum atomic E-state index is -3.83. The van der Waals surface area contributed by atoms with E-state index in [9.17, 15) is 23.6 Å². The van der Waals surface area contributed by atoms with E-state index in [1.807, 2.05) is 0 Å². The predicted molar refractivity (Wildman–Crippen MR) is 55.5 cm³/mol. The molecule has 0 aromatic heterocycles. The van der Waals surface area contributed by atoms with Gasteiger partial charge in [-0.05, 0) is 11.8 Å². The Labute approximate surface area is 97.3 Å². The van der Waals surface area contributed by atoms with Crippen LogP contribution in [-0.4, -0.2) is 26.4 Å². The van der Waals surface area contributed by atoms with Gasteiger partial charge in [-0.25, -0.2) is 13.1 Å². The first-order chi connectivity index (χ1) is 7.88. The van der Waals surface area contributed by atoms with Gasteiger partial charge in [0, 0.05) is 6.07 Å². The van der Waals surface area contributed by atoms with Crippen molar-refractivity contribution < 1.29 is 24.2 Å². The van der Waals surface area contributed by atoms with Crippen LogP contribution in [0.2, 0.25) is 0 Å². The minimum absolute atomic E-state index is 0.120. The van der Waals surface area contributed by atoms with Crippen LogP contribution in [0.3, 0.4) is 0 Å². The predicted octanol–water partition coefficient (Wildman–Crippen LogP) is -1.81. The molecular weight excluding hydrogens is 250 g/mol. The van der Waals surface area contributed by atoms with Gasteiger partial charge in [-0.3, -0.25) is 10.1 Å². The van der Waals surface area contributed by atoms with Crippen molar-refractivity contribution in [3.05, 3.63) is 28.3 Å². The first-order valence-electron chi connectivity index (χ1n) is 4.63. The highest BCUT2D eigenvalue weighted by atomic mass is 32.2. The molecule has 0 unspecified atom stereocenters. The highest BCUT2D eigenvalue weighted by molar-refractivity contribution is 7.89. The largest absolute Gasteiger partial charge is 0.868 e. The van der Waals surface area contributed by atoms with E-state index in [1.54, 1.807) is 0 Å². The highest BCUT2D eigenvalue weighted by Crippen LogP contribution is 2.25. The molecule has 8 nitrogen and oxygen atoms in total. The summed E-state index contributed by atoms with van der Waals surface area (Å²) in [7, 11) is -3.83. The van der Waals surface area contributed by atoms with Gasteiger partial charge in [0.15, 0.2) is 0 Å². The molecule has 1 aromatic rings. The van der Waals surface area contributed by atoms with Crippen molar-refractivity contribution >= 4 is 15.7 Å². The molecule has 0 bridgehead atoms. The molecular formula is C8H11N3O5S. The van der Waals surface area contributed by atoms with Crippen LogP contribution in [0.1, 0.15) is 0 Å². The summed E-state index contributed by atoms with van der Waals surface area (Å²) in [6.07, 6.45) is 0. The normalized spacial score (nSPS) is 11.4. The maximum Gasteiger partial charge on any atom is 0.263 e. The van der Waals surface area contributed by atoms with Crippen molar-refractivity contribution in [2.45, 2.75) is 4.90 Å². The molecule has 0 radical (unpaired) electrons. The number of hydrogen-bond donors (Lipinski definition) is 2. The fourth-order valence-electron chi connectivity index (χ4n) is 1.10. The van der Waals surface area contributed by atoms with Gasteiger partial charge in [0.25, 0.3) is 5.69 Å². The highest BCUT2D eigenvalue weighted by Gasteiger charge is 2.17. The van der Waals surface area contributed by atoms with E-state index in [0.717, 1.165) is 18.2 Å². The zero-order chi connectivity index (χ0) is 13.1. The Morgan fingerprint density at radius 2 is 2.06 bits per heavy atom. The second-order valence-corrected chi connectivity index (χ2v) is 4.90. The fourth-order valence-corrected chi connectivity index (χ4v) is 2.19. The van der Waals surface area contributed by atoms with Crippen LogP contribution < -0.4 is 15.6 Å². The van der Waals surface area contributed by atoms with E-state index in [1.165, 1.54) is 0 Å². The molecule has 1 rings (SSSR count). The van der Waals surface area contributed by atoms with E-state index in [4.69, 9.17) is 0 Å². The Balaban J connectivity index is 3.16. The lowest BCUT2D eigenvalue weighted by atomic mass is 10.3. The topological polar surface area (TPSA) is 140 Å². The second-order valence-electron chi connectivity index (χ2n) is 3.14. The van der Waals surface area contributed by atoms with Crippen molar-refractivity contribution in [1.29, 1.82) is 0 Å². The molecule has 0 amide bonds. The van der Waals surface area contributed by atoms with Crippen LogP contribution in [0.5, 0.6) is 5.75 Å². The summed E-state index contributed by atoms with van der Waals surface area (Å²) in [5.74, 6) is -0.828. The number of benzene rings is 1. The number of nitrogens with zero attached hydrogens (tertiary/aromatic N) is 1. The van der Waals surface area contributed by atoms with Gasteiger partial charge < -0.3 is 10.8 Å². The summed E-state index contributed by atoms with van der Waals surface area (Å²) in [6, 6.07) is 2.63. The molecule has 0 saturated heterocycles. The number of rotatable bonds is 5. The Hall–Kier alpha value is -1.71. The second kappa shape index (κ2) is 5.08. The third-order valence-electron chi connectivity index (χ3n) is 1.91. The summed E-state index contributed by atoms with van der Waals surface area (Å²) < 4.78 is 25.4. The zero-order valence-corrected chi connectivity index (χ0v) is 9.57. The SMILES string of the molecule is [NH3+]CCNS(=O)(=O)c1ccc([O-])c([N+](=O)[O-])c1. The van der Waals surface area contributed by atoms with E-state index >= 15 is 0 Å². The number of nitrogens with one attached hydrogen (secondary N) is 1. The van der Waals surface area contributed by atoms with E-state index in [-0.39, 0.29) is 11.4 Å². The van der Waals surface area contributed by atoms with Crippen molar-refractivity contribution in [3.63, 3.8) is 0 Å². The zero-order valence-electron chi connectivity index (χ0n) is 8.75. The lowest BCUT2D eigenvalue weighted by Crippen LogP contribution is -2.54. The summed E-state index contributed by atoms with van der Waals surface area (Å²) in [4.78, 5) is 9.27. The molecule has 4 N–H and O–H groups in total. The lowest BCUT2D eigenvalue weighted by Gasteiger charge is -2.09. The van der Waals surface area contributed by atoms with Crippen LogP contribution >= 0.6 is 0 Å². The minimum Gasteiger partial charge on any atom is -0.868 e.